The van der Waals surface area contributed by atoms with E-state index in [9.17, 15) is 9.59 Å². The number of hydrogen-bond acceptors (Lipinski definition) is 8. The van der Waals surface area contributed by atoms with E-state index in [2.05, 4.69) is 20.6 Å². The fraction of sp³-hybridized carbons (Fsp3) is 0.136. The molecule has 0 saturated carbocycles. The Balaban J connectivity index is 1.26. The SMILES string of the molecule is O=C(NCc1ccc2c(c1)OCO2)c1nc(Cn2nc(-c3ccccc3)ccc2=O)no1. The smallest absolute Gasteiger partial charge is 0.316 e. The van der Waals surface area contributed by atoms with Gasteiger partial charge in [0.2, 0.25) is 6.79 Å². The third-order valence-electron chi connectivity index (χ3n) is 4.78. The zero-order chi connectivity index (χ0) is 21.9. The van der Waals surface area contributed by atoms with Crippen molar-refractivity contribution in [3.63, 3.8) is 0 Å². The standard InChI is InChI=1S/C22H17N5O5/c28-20-9-7-16(15-4-2-1-3-5-15)25-27(20)12-19-24-22(32-26-19)21(29)23-11-14-6-8-17-18(10-14)31-13-30-17/h1-10H,11-13H2,(H,23,29). The molecule has 32 heavy (non-hydrogen) atoms. The average Bonchev–Trinajstić information content (AvgIpc) is 3.49. The first-order valence-corrected chi connectivity index (χ1v) is 9.78. The molecule has 0 radical (unpaired) electrons. The minimum atomic E-state index is -0.528. The van der Waals surface area contributed by atoms with Gasteiger partial charge in [0.1, 0.15) is 6.54 Å². The molecule has 0 aliphatic carbocycles. The van der Waals surface area contributed by atoms with Gasteiger partial charge in [-0.1, -0.05) is 41.6 Å². The van der Waals surface area contributed by atoms with Crippen LogP contribution in [0.5, 0.6) is 11.5 Å². The Hall–Kier alpha value is -4.47. The number of fused-ring (bicyclic) bond motifs is 1. The molecule has 0 fully saturated rings. The van der Waals surface area contributed by atoms with E-state index in [1.165, 1.54) is 10.7 Å². The molecule has 1 aliphatic heterocycles. The molecule has 2 aromatic heterocycles. The molecule has 10 heteroatoms. The Bertz CT molecular complexity index is 1330. The molecule has 0 unspecified atom stereocenters. The molecule has 1 N–H and O–H groups in total. The van der Waals surface area contributed by atoms with Crippen molar-refractivity contribution in [2.24, 2.45) is 0 Å². The van der Waals surface area contributed by atoms with Crippen LogP contribution in [0.1, 0.15) is 22.1 Å². The van der Waals surface area contributed by atoms with Gasteiger partial charge in [-0.15, -0.1) is 0 Å². The molecule has 2 aromatic carbocycles. The molecular weight excluding hydrogens is 414 g/mol. The summed E-state index contributed by atoms with van der Waals surface area (Å²) in [6, 6.07) is 17.9. The van der Waals surface area contributed by atoms with E-state index in [0.29, 0.717) is 17.2 Å². The van der Waals surface area contributed by atoms with Gasteiger partial charge in [0.15, 0.2) is 17.3 Å². The van der Waals surface area contributed by atoms with Crippen LogP contribution in [-0.4, -0.2) is 32.6 Å². The number of benzene rings is 2. The summed E-state index contributed by atoms with van der Waals surface area (Å²) in [5.41, 5.74) is 2.02. The molecular formula is C22H17N5O5. The Morgan fingerprint density at radius 1 is 1.03 bits per heavy atom. The number of rotatable bonds is 6. The maximum atomic E-state index is 12.4. The van der Waals surface area contributed by atoms with Crippen LogP contribution in [0.2, 0.25) is 0 Å². The van der Waals surface area contributed by atoms with E-state index < -0.39 is 5.91 Å². The molecule has 5 rings (SSSR count). The van der Waals surface area contributed by atoms with Crippen LogP contribution in [0.25, 0.3) is 11.3 Å². The number of hydrogen-bond donors (Lipinski definition) is 1. The number of carbonyl (C=O) groups is 1. The van der Waals surface area contributed by atoms with Crippen LogP contribution in [0.3, 0.4) is 0 Å². The fourth-order valence-corrected chi connectivity index (χ4v) is 3.18. The first-order valence-electron chi connectivity index (χ1n) is 9.78. The number of aromatic nitrogens is 4. The Morgan fingerprint density at radius 2 is 1.88 bits per heavy atom. The van der Waals surface area contributed by atoms with Crippen LogP contribution >= 0.6 is 0 Å². The Kier molecular flexibility index (Phi) is 5.08. The highest BCUT2D eigenvalue weighted by atomic mass is 16.7. The van der Waals surface area contributed by atoms with E-state index in [4.69, 9.17) is 14.0 Å². The summed E-state index contributed by atoms with van der Waals surface area (Å²) >= 11 is 0. The first kappa shape index (κ1) is 19.5. The van der Waals surface area contributed by atoms with Crippen LogP contribution in [0.4, 0.5) is 0 Å². The highest BCUT2D eigenvalue weighted by Crippen LogP contribution is 2.32. The number of nitrogens with zero attached hydrogens (tertiary/aromatic N) is 4. The van der Waals surface area contributed by atoms with Gasteiger partial charge in [-0.25, -0.2) is 4.68 Å². The van der Waals surface area contributed by atoms with E-state index in [1.807, 2.05) is 36.4 Å². The van der Waals surface area contributed by atoms with E-state index >= 15 is 0 Å². The molecule has 1 amide bonds. The fourth-order valence-electron chi connectivity index (χ4n) is 3.18. The minimum absolute atomic E-state index is 0.0293. The van der Waals surface area contributed by atoms with E-state index in [1.54, 1.807) is 18.2 Å². The van der Waals surface area contributed by atoms with E-state index in [0.717, 1.165) is 11.1 Å². The predicted octanol–water partition coefficient (Wildman–Crippen LogP) is 2.00. The maximum absolute atomic E-state index is 12.4. The van der Waals surface area contributed by atoms with Crippen molar-refractivity contribution in [3.05, 3.63) is 88.3 Å². The lowest BCUT2D eigenvalue weighted by Crippen LogP contribution is -2.24. The summed E-state index contributed by atoms with van der Waals surface area (Å²) in [6.45, 7) is 0.397. The molecule has 4 aromatic rings. The Morgan fingerprint density at radius 3 is 2.75 bits per heavy atom. The summed E-state index contributed by atoms with van der Waals surface area (Å²) < 4.78 is 16.9. The lowest BCUT2D eigenvalue weighted by molar-refractivity contribution is 0.0907. The van der Waals surface area contributed by atoms with Crippen molar-refractivity contribution >= 4 is 5.91 Å². The van der Waals surface area contributed by atoms with Gasteiger partial charge in [0, 0.05) is 18.2 Å². The normalized spacial score (nSPS) is 12.0. The number of amides is 1. The molecule has 1 aliphatic rings. The number of ether oxygens (including phenoxy) is 2. The third-order valence-corrected chi connectivity index (χ3v) is 4.78. The Labute approximate surface area is 181 Å². The average molecular weight is 431 g/mol. The molecule has 0 atom stereocenters. The van der Waals surface area contributed by atoms with Crippen LogP contribution < -0.4 is 20.3 Å². The summed E-state index contributed by atoms with van der Waals surface area (Å²) in [7, 11) is 0. The molecule has 3 heterocycles. The third kappa shape index (κ3) is 4.06. The quantitative estimate of drug-likeness (QED) is 0.492. The second-order valence-corrected chi connectivity index (χ2v) is 6.97. The van der Waals surface area contributed by atoms with Crippen molar-refractivity contribution in [2.45, 2.75) is 13.1 Å². The van der Waals surface area contributed by atoms with Gasteiger partial charge in [-0.3, -0.25) is 9.59 Å². The second-order valence-electron chi connectivity index (χ2n) is 6.97. The van der Waals surface area contributed by atoms with Crippen LogP contribution in [0, 0.1) is 0 Å². The highest BCUT2D eigenvalue weighted by Gasteiger charge is 2.17. The van der Waals surface area contributed by atoms with Crippen molar-refractivity contribution in [1.29, 1.82) is 0 Å². The lowest BCUT2D eigenvalue weighted by Gasteiger charge is -2.05. The van der Waals surface area contributed by atoms with Crippen LogP contribution in [0.15, 0.2) is 70.0 Å². The number of carbonyl (C=O) groups excluding carboxylic acids is 1. The first-order chi connectivity index (χ1) is 15.7. The topological polar surface area (TPSA) is 121 Å². The largest absolute Gasteiger partial charge is 0.454 e. The van der Waals surface area contributed by atoms with Crippen LogP contribution in [-0.2, 0) is 13.1 Å². The molecule has 10 nitrogen and oxygen atoms in total. The summed E-state index contributed by atoms with van der Waals surface area (Å²) in [6.07, 6.45) is 0. The summed E-state index contributed by atoms with van der Waals surface area (Å²) in [4.78, 5) is 28.7. The van der Waals surface area contributed by atoms with Gasteiger partial charge in [-0.2, -0.15) is 10.1 Å². The monoisotopic (exact) mass is 431 g/mol. The van der Waals surface area contributed by atoms with Crippen molar-refractivity contribution in [3.8, 4) is 22.8 Å². The highest BCUT2D eigenvalue weighted by molar-refractivity contribution is 5.89. The maximum Gasteiger partial charge on any atom is 0.316 e. The summed E-state index contributed by atoms with van der Waals surface area (Å²) in [5, 5.41) is 10.9. The summed E-state index contributed by atoms with van der Waals surface area (Å²) in [5.74, 6) is 0.736. The lowest BCUT2D eigenvalue weighted by atomic mass is 10.1. The molecule has 160 valence electrons. The zero-order valence-electron chi connectivity index (χ0n) is 16.7. The molecule has 0 saturated heterocycles. The van der Waals surface area contributed by atoms with Gasteiger partial charge >= 0.3 is 11.8 Å². The zero-order valence-corrected chi connectivity index (χ0v) is 16.7. The van der Waals surface area contributed by atoms with Gasteiger partial charge in [0.05, 0.1) is 5.69 Å². The van der Waals surface area contributed by atoms with Crippen molar-refractivity contribution < 1.29 is 18.8 Å². The second kappa shape index (κ2) is 8.34. The van der Waals surface area contributed by atoms with Gasteiger partial charge < -0.3 is 19.3 Å². The van der Waals surface area contributed by atoms with E-state index in [-0.39, 0.29) is 37.2 Å². The van der Waals surface area contributed by atoms with Crippen molar-refractivity contribution in [1.82, 2.24) is 25.2 Å². The van der Waals surface area contributed by atoms with Gasteiger partial charge in [0.25, 0.3) is 5.56 Å². The van der Waals surface area contributed by atoms with Gasteiger partial charge in [-0.05, 0) is 23.8 Å². The molecule has 0 spiro atoms. The molecule has 0 bridgehead atoms. The predicted molar refractivity (Wildman–Crippen MR) is 111 cm³/mol. The van der Waals surface area contributed by atoms with Crippen molar-refractivity contribution in [2.75, 3.05) is 6.79 Å². The minimum Gasteiger partial charge on any atom is -0.454 e. The number of nitrogens with one attached hydrogen (secondary N) is 1.